The molecule has 3 nitrogen and oxygen atoms in total. The normalized spacial score (nSPS) is 17.0. The van der Waals surface area contributed by atoms with Crippen LogP contribution >= 0.6 is 11.8 Å². The number of thioether (sulfide) groups is 1. The number of nitrogens with zero attached hydrogens (tertiary/aromatic N) is 1. The van der Waals surface area contributed by atoms with Crippen LogP contribution in [0, 0.1) is 6.92 Å². The number of aryl methyl sites for hydroxylation is 1. The van der Waals surface area contributed by atoms with E-state index in [-0.39, 0.29) is 11.0 Å². The first-order chi connectivity index (χ1) is 14.1. The maximum Gasteiger partial charge on any atom is 0.255 e. The van der Waals surface area contributed by atoms with Gasteiger partial charge in [-0.3, -0.25) is 4.79 Å². The van der Waals surface area contributed by atoms with E-state index in [0.29, 0.717) is 0 Å². The molecule has 0 amide bonds. The Balaban J connectivity index is 1.61. The number of benzene rings is 2. The van der Waals surface area contributed by atoms with Crippen LogP contribution in [-0.2, 0) is 17.6 Å². The van der Waals surface area contributed by atoms with E-state index in [9.17, 15) is 4.79 Å². The summed E-state index contributed by atoms with van der Waals surface area (Å²) in [7, 11) is 0. The fourth-order valence-electron chi connectivity index (χ4n) is 5.11. The van der Waals surface area contributed by atoms with Gasteiger partial charge in [0, 0.05) is 16.7 Å². The van der Waals surface area contributed by atoms with Crippen molar-refractivity contribution in [3.8, 4) is 11.3 Å². The van der Waals surface area contributed by atoms with Crippen LogP contribution in [0.4, 0.5) is 0 Å². The van der Waals surface area contributed by atoms with E-state index in [0.717, 1.165) is 47.0 Å². The number of aromatic nitrogens is 2. The molecule has 0 unspecified atom stereocenters. The molecule has 0 radical (unpaired) electrons. The molecule has 0 aliphatic heterocycles. The van der Waals surface area contributed by atoms with Crippen molar-refractivity contribution in [1.29, 1.82) is 0 Å². The van der Waals surface area contributed by atoms with Gasteiger partial charge in [0.1, 0.15) is 0 Å². The standard InChI is InChI=1S/C25H26N2OS/c1-17-10-11-19-15-25(12-6-3-7-13-25)21-22(20(19)14-17)26-24(27-23(21)28)29-16-18-8-4-2-5-9-18/h2,4-5,8-11,14H,3,6-7,12-13,15-16H2,1H3,(H,26,27,28). The number of fused-ring (bicyclic) bond motifs is 4. The predicted octanol–water partition coefficient (Wildman–Crippen LogP) is 5.80. The van der Waals surface area contributed by atoms with Gasteiger partial charge in [0.2, 0.25) is 0 Å². The summed E-state index contributed by atoms with van der Waals surface area (Å²) in [6, 6.07) is 17.0. The third-order valence-corrected chi connectivity index (χ3v) is 7.45. The fourth-order valence-corrected chi connectivity index (χ4v) is 5.92. The van der Waals surface area contributed by atoms with Gasteiger partial charge in [-0.2, -0.15) is 0 Å². The zero-order valence-corrected chi connectivity index (χ0v) is 17.6. The van der Waals surface area contributed by atoms with Crippen LogP contribution in [-0.4, -0.2) is 9.97 Å². The average Bonchev–Trinajstić information content (AvgIpc) is 2.74. The van der Waals surface area contributed by atoms with E-state index in [1.807, 2.05) is 18.2 Å². The molecule has 148 valence electrons. The van der Waals surface area contributed by atoms with Crippen LogP contribution in [0.25, 0.3) is 11.3 Å². The number of rotatable bonds is 3. The second-order valence-corrected chi connectivity index (χ2v) is 9.51. The fraction of sp³-hybridized carbons (Fsp3) is 0.360. The third-order valence-electron chi connectivity index (χ3n) is 6.51. The summed E-state index contributed by atoms with van der Waals surface area (Å²) < 4.78 is 0. The molecule has 1 fully saturated rings. The summed E-state index contributed by atoms with van der Waals surface area (Å²) in [6.45, 7) is 2.11. The van der Waals surface area contributed by atoms with Crippen molar-refractivity contribution in [2.45, 2.75) is 61.8 Å². The lowest BCUT2D eigenvalue weighted by Crippen LogP contribution is -2.40. The quantitative estimate of drug-likeness (QED) is 0.445. The highest BCUT2D eigenvalue weighted by atomic mass is 32.2. The summed E-state index contributed by atoms with van der Waals surface area (Å²) in [5.41, 5.74) is 6.85. The van der Waals surface area contributed by atoms with Gasteiger partial charge in [0.05, 0.1) is 11.3 Å². The van der Waals surface area contributed by atoms with Crippen molar-refractivity contribution < 1.29 is 0 Å². The number of hydrogen-bond donors (Lipinski definition) is 1. The number of H-pyrrole nitrogens is 1. The Bertz CT molecular complexity index is 1100. The SMILES string of the molecule is Cc1ccc2c(c1)-c1nc(SCc3ccccc3)[nH]c(=O)c1C1(CCCCC1)C2. The van der Waals surface area contributed by atoms with Gasteiger partial charge in [-0.05, 0) is 43.4 Å². The predicted molar refractivity (Wildman–Crippen MR) is 120 cm³/mol. The minimum Gasteiger partial charge on any atom is -0.301 e. The Morgan fingerprint density at radius 2 is 1.86 bits per heavy atom. The van der Waals surface area contributed by atoms with E-state index >= 15 is 0 Å². The van der Waals surface area contributed by atoms with Crippen molar-refractivity contribution in [2.75, 3.05) is 0 Å². The maximum absolute atomic E-state index is 13.4. The molecule has 0 bridgehead atoms. The van der Waals surface area contributed by atoms with Crippen LogP contribution in [0.15, 0.2) is 58.5 Å². The van der Waals surface area contributed by atoms with Crippen molar-refractivity contribution in [3.05, 3.63) is 81.1 Å². The molecule has 29 heavy (non-hydrogen) atoms. The van der Waals surface area contributed by atoms with Crippen LogP contribution in [0.3, 0.4) is 0 Å². The zero-order valence-electron chi connectivity index (χ0n) is 16.8. The van der Waals surface area contributed by atoms with Crippen LogP contribution in [0.5, 0.6) is 0 Å². The minimum absolute atomic E-state index is 0.0426. The molecule has 2 aliphatic carbocycles. The summed E-state index contributed by atoms with van der Waals surface area (Å²) in [6.07, 6.45) is 6.82. The Kier molecular flexibility index (Phi) is 4.83. The number of aromatic amines is 1. The lowest BCUT2D eigenvalue weighted by molar-refractivity contribution is 0.284. The number of nitrogens with one attached hydrogen (secondary N) is 1. The smallest absolute Gasteiger partial charge is 0.255 e. The molecule has 1 N–H and O–H groups in total. The molecule has 0 atom stereocenters. The summed E-state index contributed by atoms with van der Waals surface area (Å²) in [5.74, 6) is 0.800. The molecule has 4 heteroatoms. The number of hydrogen-bond acceptors (Lipinski definition) is 3. The summed E-state index contributed by atoms with van der Waals surface area (Å²) in [4.78, 5) is 21.5. The highest BCUT2D eigenvalue weighted by molar-refractivity contribution is 7.98. The Morgan fingerprint density at radius 1 is 1.07 bits per heavy atom. The summed E-state index contributed by atoms with van der Waals surface area (Å²) in [5, 5.41) is 0.720. The average molecular weight is 403 g/mol. The molecule has 5 rings (SSSR count). The first-order valence-electron chi connectivity index (χ1n) is 10.6. The van der Waals surface area contributed by atoms with Crippen molar-refractivity contribution in [2.24, 2.45) is 0 Å². The molecular formula is C25H26N2OS. The van der Waals surface area contributed by atoms with Gasteiger partial charge in [0.25, 0.3) is 5.56 Å². The van der Waals surface area contributed by atoms with Crippen molar-refractivity contribution in [1.82, 2.24) is 9.97 Å². The van der Waals surface area contributed by atoms with E-state index in [2.05, 4.69) is 42.2 Å². The molecule has 1 aromatic heterocycles. The van der Waals surface area contributed by atoms with Crippen LogP contribution < -0.4 is 5.56 Å². The van der Waals surface area contributed by atoms with Crippen LogP contribution in [0.2, 0.25) is 0 Å². The maximum atomic E-state index is 13.4. The van der Waals surface area contributed by atoms with Crippen molar-refractivity contribution >= 4 is 11.8 Å². The highest BCUT2D eigenvalue weighted by Crippen LogP contribution is 2.48. The minimum atomic E-state index is -0.0426. The monoisotopic (exact) mass is 402 g/mol. The first-order valence-corrected chi connectivity index (χ1v) is 11.5. The Labute approximate surface area is 176 Å². The third kappa shape index (κ3) is 3.44. The van der Waals surface area contributed by atoms with Gasteiger partial charge in [-0.15, -0.1) is 0 Å². The Hall–Kier alpha value is -2.33. The molecule has 1 saturated carbocycles. The molecule has 2 aromatic carbocycles. The molecule has 1 heterocycles. The largest absolute Gasteiger partial charge is 0.301 e. The Morgan fingerprint density at radius 3 is 2.66 bits per heavy atom. The van der Waals surface area contributed by atoms with E-state index < -0.39 is 0 Å². The van der Waals surface area contributed by atoms with E-state index in [4.69, 9.17) is 4.98 Å². The van der Waals surface area contributed by atoms with E-state index in [1.54, 1.807) is 11.8 Å². The molecule has 2 aliphatic rings. The molecular weight excluding hydrogens is 376 g/mol. The van der Waals surface area contributed by atoms with Gasteiger partial charge in [-0.1, -0.05) is 79.1 Å². The second-order valence-electron chi connectivity index (χ2n) is 8.55. The highest BCUT2D eigenvalue weighted by Gasteiger charge is 2.42. The van der Waals surface area contributed by atoms with Gasteiger partial charge in [-0.25, -0.2) is 4.98 Å². The van der Waals surface area contributed by atoms with Gasteiger partial charge >= 0.3 is 0 Å². The zero-order chi connectivity index (χ0) is 19.8. The first kappa shape index (κ1) is 18.7. The van der Waals surface area contributed by atoms with Gasteiger partial charge < -0.3 is 4.98 Å². The topological polar surface area (TPSA) is 45.8 Å². The molecule has 1 spiro atoms. The second kappa shape index (κ2) is 7.49. The lowest BCUT2D eigenvalue weighted by Gasteiger charge is -2.41. The lowest BCUT2D eigenvalue weighted by atomic mass is 9.62. The summed E-state index contributed by atoms with van der Waals surface area (Å²) >= 11 is 1.61. The van der Waals surface area contributed by atoms with E-state index in [1.165, 1.54) is 36.0 Å². The van der Waals surface area contributed by atoms with Crippen LogP contribution in [0.1, 0.15) is 54.4 Å². The van der Waals surface area contributed by atoms with Crippen molar-refractivity contribution in [3.63, 3.8) is 0 Å². The molecule has 3 aromatic rings. The molecule has 0 saturated heterocycles. The van der Waals surface area contributed by atoms with Gasteiger partial charge in [0.15, 0.2) is 5.16 Å².